The summed E-state index contributed by atoms with van der Waals surface area (Å²) in [6.45, 7) is 2.70. The Bertz CT molecular complexity index is 299. The summed E-state index contributed by atoms with van der Waals surface area (Å²) in [5.41, 5.74) is 1.03. The Balaban J connectivity index is 2.97. The van der Waals surface area contributed by atoms with Crippen LogP contribution < -0.4 is 5.32 Å². The number of esters is 1. The van der Waals surface area contributed by atoms with Gasteiger partial charge in [0.05, 0.1) is 12.8 Å². The monoisotopic (exact) mass is 180 g/mol. The largest absolute Gasteiger partial charge is 0.464 e. The summed E-state index contributed by atoms with van der Waals surface area (Å²) in [4.78, 5) is 15.1. The van der Waals surface area contributed by atoms with Crippen LogP contribution in [0.4, 0.5) is 5.69 Å². The molecule has 0 aliphatic carbocycles. The number of pyridine rings is 1. The lowest BCUT2D eigenvalue weighted by Crippen LogP contribution is -2.09. The van der Waals surface area contributed by atoms with Gasteiger partial charge in [0.25, 0.3) is 0 Å². The molecule has 13 heavy (non-hydrogen) atoms. The molecule has 0 bridgehead atoms. The summed E-state index contributed by atoms with van der Waals surface area (Å²) < 4.78 is 4.58. The third-order valence-corrected chi connectivity index (χ3v) is 1.55. The third-order valence-electron chi connectivity index (χ3n) is 1.55. The topological polar surface area (TPSA) is 51.2 Å². The second-order valence-corrected chi connectivity index (χ2v) is 2.42. The van der Waals surface area contributed by atoms with E-state index < -0.39 is 5.97 Å². The molecule has 0 fully saturated rings. The minimum atomic E-state index is -0.420. The van der Waals surface area contributed by atoms with Gasteiger partial charge in [-0.15, -0.1) is 0 Å². The molecule has 0 saturated heterocycles. The Morgan fingerprint density at radius 3 is 3.08 bits per heavy atom. The predicted octanol–water partition coefficient (Wildman–Crippen LogP) is 1.30. The zero-order chi connectivity index (χ0) is 9.68. The number of anilines is 1. The number of ether oxygens (including phenoxy) is 1. The molecule has 0 aliphatic heterocycles. The number of hydrogen-bond acceptors (Lipinski definition) is 4. The highest BCUT2D eigenvalue weighted by Gasteiger charge is 2.11. The van der Waals surface area contributed by atoms with Crippen molar-refractivity contribution in [2.24, 2.45) is 0 Å². The van der Waals surface area contributed by atoms with Gasteiger partial charge in [0.2, 0.25) is 0 Å². The average molecular weight is 180 g/mol. The van der Waals surface area contributed by atoms with Crippen molar-refractivity contribution in [3.8, 4) is 0 Å². The molecule has 1 heterocycles. The minimum Gasteiger partial charge on any atom is -0.464 e. The number of nitrogens with zero attached hydrogens (tertiary/aromatic N) is 1. The summed E-state index contributed by atoms with van der Waals surface area (Å²) in [6.07, 6.45) is 1.56. The fourth-order valence-corrected chi connectivity index (χ4v) is 0.998. The molecule has 1 aromatic rings. The van der Waals surface area contributed by atoms with E-state index in [1.165, 1.54) is 7.11 Å². The van der Waals surface area contributed by atoms with Crippen molar-refractivity contribution in [3.63, 3.8) is 0 Å². The van der Waals surface area contributed by atoms with Gasteiger partial charge in [0.15, 0.2) is 5.69 Å². The maximum absolute atomic E-state index is 11.2. The summed E-state index contributed by atoms with van der Waals surface area (Å²) in [7, 11) is 1.34. The summed E-state index contributed by atoms with van der Waals surface area (Å²) >= 11 is 0. The average Bonchev–Trinajstić information content (AvgIpc) is 2.18. The van der Waals surface area contributed by atoms with Gasteiger partial charge in [-0.1, -0.05) is 0 Å². The Morgan fingerprint density at radius 2 is 2.46 bits per heavy atom. The van der Waals surface area contributed by atoms with Crippen LogP contribution in [0.25, 0.3) is 0 Å². The van der Waals surface area contributed by atoms with Crippen LogP contribution in [0.15, 0.2) is 18.3 Å². The van der Waals surface area contributed by atoms with Crippen LogP contribution >= 0.6 is 0 Å². The van der Waals surface area contributed by atoms with Crippen LogP contribution in [-0.4, -0.2) is 24.6 Å². The molecular formula is C9H12N2O2. The summed E-state index contributed by atoms with van der Waals surface area (Å²) in [5.74, 6) is -0.420. The third kappa shape index (κ3) is 2.18. The Kier molecular flexibility index (Phi) is 3.25. The molecule has 1 rings (SSSR count). The molecule has 1 N–H and O–H groups in total. The van der Waals surface area contributed by atoms with Crippen LogP contribution in [0.1, 0.15) is 17.4 Å². The van der Waals surface area contributed by atoms with E-state index in [0.717, 1.165) is 6.54 Å². The van der Waals surface area contributed by atoms with Crippen molar-refractivity contribution in [1.29, 1.82) is 0 Å². The zero-order valence-corrected chi connectivity index (χ0v) is 7.70. The normalized spacial score (nSPS) is 9.38. The van der Waals surface area contributed by atoms with E-state index in [-0.39, 0.29) is 0 Å². The van der Waals surface area contributed by atoms with E-state index in [1.807, 2.05) is 6.92 Å². The van der Waals surface area contributed by atoms with Crippen molar-refractivity contribution in [2.75, 3.05) is 19.0 Å². The molecule has 4 nitrogen and oxygen atoms in total. The Morgan fingerprint density at radius 1 is 1.69 bits per heavy atom. The van der Waals surface area contributed by atoms with Gasteiger partial charge in [0.1, 0.15) is 0 Å². The van der Waals surface area contributed by atoms with Gasteiger partial charge in [-0.3, -0.25) is 0 Å². The van der Waals surface area contributed by atoms with Crippen molar-refractivity contribution in [2.45, 2.75) is 6.92 Å². The zero-order valence-electron chi connectivity index (χ0n) is 7.70. The first-order chi connectivity index (χ1) is 6.29. The molecule has 0 spiro atoms. The second-order valence-electron chi connectivity index (χ2n) is 2.42. The van der Waals surface area contributed by atoms with E-state index in [4.69, 9.17) is 0 Å². The maximum Gasteiger partial charge on any atom is 0.358 e. The minimum absolute atomic E-state index is 0.326. The van der Waals surface area contributed by atoms with Gasteiger partial charge in [0, 0.05) is 12.7 Å². The lowest BCUT2D eigenvalue weighted by molar-refractivity contribution is 0.0595. The SMILES string of the molecule is CCNc1cccnc1C(=O)OC. The first kappa shape index (κ1) is 9.51. The quantitative estimate of drug-likeness (QED) is 0.712. The lowest BCUT2D eigenvalue weighted by Gasteiger charge is -2.06. The van der Waals surface area contributed by atoms with Crippen molar-refractivity contribution >= 4 is 11.7 Å². The first-order valence-electron chi connectivity index (χ1n) is 4.06. The standard InChI is InChI=1S/C9H12N2O2/c1-3-10-7-5-4-6-11-8(7)9(12)13-2/h4-6,10H,3H2,1-2H3. The van der Waals surface area contributed by atoms with Crippen molar-refractivity contribution < 1.29 is 9.53 Å². The van der Waals surface area contributed by atoms with Gasteiger partial charge >= 0.3 is 5.97 Å². The molecule has 4 heteroatoms. The van der Waals surface area contributed by atoms with E-state index in [2.05, 4.69) is 15.0 Å². The van der Waals surface area contributed by atoms with Crippen molar-refractivity contribution in [3.05, 3.63) is 24.0 Å². The fourth-order valence-electron chi connectivity index (χ4n) is 0.998. The van der Waals surface area contributed by atoms with E-state index in [9.17, 15) is 4.79 Å². The molecule has 0 aliphatic rings. The molecule has 0 saturated carbocycles. The maximum atomic E-state index is 11.2. The fraction of sp³-hybridized carbons (Fsp3) is 0.333. The number of hydrogen-bond donors (Lipinski definition) is 1. The van der Waals surface area contributed by atoms with Gasteiger partial charge in [-0.25, -0.2) is 9.78 Å². The van der Waals surface area contributed by atoms with Gasteiger partial charge in [-0.2, -0.15) is 0 Å². The van der Waals surface area contributed by atoms with Crippen LogP contribution in [0.2, 0.25) is 0 Å². The highest BCUT2D eigenvalue weighted by Crippen LogP contribution is 2.12. The number of aromatic nitrogens is 1. The first-order valence-corrected chi connectivity index (χ1v) is 4.06. The van der Waals surface area contributed by atoms with E-state index >= 15 is 0 Å². The van der Waals surface area contributed by atoms with Crippen LogP contribution in [0.5, 0.6) is 0 Å². The van der Waals surface area contributed by atoms with Gasteiger partial charge < -0.3 is 10.1 Å². The predicted molar refractivity (Wildman–Crippen MR) is 49.7 cm³/mol. The highest BCUT2D eigenvalue weighted by molar-refractivity contribution is 5.93. The Labute approximate surface area is 76.9 Å². The van der Waals surface area contributed by atoms with Crippen LogP contribution in [-0.2, 0) is 4.74 Å². The van der Waals surface area contributed by atoms with E-state index in [0.29, 0.717) is 11.4 Å². The smallest absolute Gasteiger partial charge is 0.358 e. The van der Waals surface area contributed by atoms with Crippen molar-refractivity contribution in [1.82, 2.24) is 4.98 Å². The number of carbonyl (C=O) groups excluding carboxylic acids is 1. The van der Waals surface area contributed by atoms with E-state index in [1.54, 1.807) is 18.3 Å². The molecular weight excluding hydrogens is 168 g/mol. The molecule has 0 aromatic carbocycles. The van der Waals surface area contributed by atoms with Crippen LogP contribution in [0.3, 0.4) is 0 Å². The summed E-state index contributed by atoms with van der Waals surface area (Å²) in [6, 6.07) is 3.56. The molecule has 70 valence electrons. The number of rotatable bonds is 3. The molecule has 0 amide bonds. The lowest BCUT2D eigenvalue weighted by atomic mass is 10.3. The molecule has 0 unspecified atom stereocenters. The van der Waals surface area contributed by atoms with Gasteiger partial charge in [-0.05, 0) is 19.1 Å². The number of carbonyl (C=O) groups is 1. The molecule has 0 atom stereocenters. The molecule has 1 aromatic heterocycles. The summed E-state index contributed by atoms with van der Waals surface area (Å²) in [5, 5.41) is 3.03. The van der Waals surface area contributed by atoms with Crippen LogP contribution in [0, 0.1) is 0 Å². The molecule has 0 radical (unpaired) electrons. The Hall–Kier alpha value is -1.58. The number of methoxy groups -OCH3 is 1. The second kappa shape index (κ2) is 4.45. The highest BCUT2D eigenvalue weighted by atomic mass is 16.5. The number of nitrogens with one attached hydrogen (secondary N) is 1.